The Kier molecular flexibility index (Phi) is 4.63. The fourth-order valence-electron chi connectivity index (χ4n) is 2.14. The number of hydrogen-bond donors (Lipinski definition) is 2. The monoisotopic (exact) mass is 264 g/mol. The van der Waals surface area contributed by atoms with Crippen molar-refractivity contribution in [3.63, 3.8) is 0 Å². The number of amides is 1. The third-order valence-electron chi connectivity index (χ3n) is 3.19. The normalized spacial score (nSPS) is 19.9. The van der Waals surface area contributed by atoms with Gasteiger partial charge in [0.25, 0.3) is 5.91 Å². The van der Waals surface area contributed by atoms with Crippen LogP contribution in [0.15, 0.2) is 24.3 Å². The van der Waals surface area contributed by atoms with Gasteiger partial charge in [-0.15, -0.1) is 0 Å². The van der Waals surface area contributed by atoms with Gasteiger partial charge in [-0.25, -0.2) is 0 Å². The second-order valence-corrected chi connectivity index (χ2v) is 4.73. The van der Waals surface area contributed by atoms with Crippen molar-refractivity contribution >= 4 is 11.6 Å². The van der Waals surface area contributed by atoms with Crippen LogP contribution in [0, 0.1) is 0 Å². The van der Waals surface area contributed by atoms with E-state index in [4.69, 9.17) is 15.2 Å². The molecule has 1 heterocycles. The van der Waals surface area contributed by atoms with E-state index in [0.717, 1.165) is 19.4 Å². The van der Waals surface area contributed by atoms with Gasteiger partial charge in [0.2, 0.25) is 0 Å². The lowest BCUT2D eigenvalue weighted by Crippen LogP contribution is -2.42. The van der Waals surface area contributed by atoms with E-state index >= 15 is 0 Å². The average molecular weight is 264 g/mol. The standard InChI is InChI=1S/C14H20N2O3/c1-10(12-7-4-8-18-12)16-14(17)9-19-13-6-3-2-5-11(13)15/h2-3,5-6,10,12H,4,7-9,15H2,1H3,(H,16,17). The molecule has 1 aromatic carbocycles. The van der Waals surface area contributed by atoms with Crippen LogP contribution in [0.4, 0.5) is 5.69 Å². The van der Waals surface area contributed by atoms with Crippen molar-refractivity contribution in [2.45, 2.75) is 31.9 Å². The first kappa shape index (κ1) is 13.7. The second kappa shape index (κ2) is 6.43. The Bertz CT molecular complexity index is 430. The van der Waals surface area contributed by atoms with Gasteiger partial charge < -0.3 is 20.5 Å². The first-order chi connectivity index (χ1) is 9.16. The number of rotatable bonds is 5. The first-order valence-corrected chi connectivity index (χ1v) is 6.55. The minimum atomic E-state index is -0.161. The molecule has 2 atom stereocenters. The molecule has 104 valence electrons. The van der Waals surface area contributed by atoms with E-state index in [1.54, 1.807) is 12.1 Å². The van der Waals surface area contributed by atoms with Gasteiger partial charge in [0.15, 0.2) is 6.61 Å². The smallest absolute Gasteiger partial charge is 0.258 e. The fourth-order valence-corrected chi connectivity index (χ4v) is 2.14. The minimum absolute atomic E-state index is 0.00622. The van der Waals surface area contributed by atoms with Gasteiger partial charge in [-0.05, 0) is 31.9 Å². The number of ether oxygens (including phenoxy) is 2. The molecule has 1 saturated heterocycles. The Morgan fingerprint density at radius 1 is 1.58 bits per heavy atom. The van der Waals surface area contributed by atoms with Crippen LogP contribution in [0.25, 0.3) is 0 Å². The van der Waals surface area contributed by atoms with Gasteiger partial charge in [0, 0.05) is 6.61 Å². The van der Waals surface area contributed by atoms with E-state index in [-0.39, 0.29) is 24.7 Å². The number of nitrogen functional groups attached to an aromatic ring is 1. The van der Waals surface area contributed by atoms with Crippen molar-refractivity contribution in [1.82, 2.24) is 5.32 Å². The molecule has 1 aromatic rings. The molecule has 1 fully saturated rings. The van der Waals surface area contributed by atoms with Crippen LogP contribution in [0.2, 0.25) is 0 Å². The largest absolute Gasteiger partial charge is 0.482 e. The molecular weight excluding hydrogens is 244 g/mol. The topological polar surface area (TPSA) is 73.6 Å². The van der Waals surface area contributed by atoms with Crippen LogP contribution >= 0.6 is 0 Å². The molecule has 0 spiro atoms. The van der Waals surface area contributed by atoms with Gasteiger partial charge >= 0.3 is 0 Å². The number of carbonyl (C=O) groups excluding carboxylic acids is 1. The Balaban J connectivity index is 1.77. The van der Waals surface area contributed by atoms with Crippen molar-refractivity contribution in [2.75, 3.05) is 18.9 Å². The zero-order valence-electron chi connectivity index (χ0n) is 11.1. The number of benzene rings is 1. The van der Waals surface area contributed by atoms with E-state index in [1.165, 1.54) is 0 Å². The van der Waals surface area contributed by atoms with E-state index < -0.39 is 0 Å². The average Bonchev–Trinajstić information content (AvgIpc) is 2.91. The summed E-state index contributed by atoms with van der Waals surface area (Å²) in [6.45, 7) is 2.69. The molecule has 5 nitrogen and oxygen atoms in total. The zero-order chi connectivity index (χ0) is 13.7. The Labute approximate surface area is 113 Å². The maximum atomic E-state index is 11.8. The molecule has 0 aromatic heterocycles. The predicted molar refractivity (Wildman–Crippen MR) is 72.9 cm³/mol. The van der Waals surface area contributed by atoms with Gasteiger partial charge in [0.05, 0.1) is 17.8 Å². The molecule has 19 heavy (non-hydrogen) atoms. The van der Waals surface area contributed by atoms with Crippen LogP contribution in [-0.2, 0) is 9.53 Å². The van der Waals surface area contributed by atoms with Gasteiger partial charge in [-0.1, -0.05) is 12.1 Å². The molecule has 2 rings (SSSR count). The number of nitrogens with two attached hydrogens (primary N) is 1. The van der Waals surface area contributed by atoms with E-state index in [9.17, 15) is 4.79 Å². The highest BCUT2D eigenvalue weighted by molar-refractivity contribution is 5.78. The molecule has 5 heteroatoms. The summed E-state index contributed by atoms with van der Waals surface area (Å²) in [7, 11) is 0. The molecule has 1 aliphatic rings. The van der Waals surface area contributed by atoms with E-state index in [1.807, 2.05) is 19.1 Å². The van der Waals surface area contributed by atoms with Crippen molar-refractivity contribution in [1.29, 1.82) is 0 Å². The molecule has 1 aliphatic heterocycles. The first-order valence-electron chi connectivity index (χ1n) is 6.55. The summed E-state index contributed by atoms with van der Waals surface area (Å²) >= 11 is 0. The number of nitrogens with one attached hydrogen (secondary N) is 1. The highest BCUT2D eigenvalue weighted by Gasteiger charge is 2.23. The maximum Gasteiger partial charge on any atom is 0.258 e. The summed E-state index contributed by atoms with van der Waals surface area (Å²) in [6, 6.07) is 7.13. The number of hydrogen-bond acceptors (Lipinski definition) is 4. The highest BCUT2D eigenvalue weighted by atomic mass is 16.5. The number of carbonyl (C=O) groups is 1. The van der Waals surface area contributed by atoms with E-state index in [2.05, 4.69) is 5.32 Å². The van der Waals surface area contributed by atoms with Crippen LogP contribution < -0.4 is 15.8 Å². The third kappa shape index (κ3) is 3.86. The number of para-hydroxylation sites is 2. The molecule has 0 aliphatic carbocycles. The minimum Gasteiger partial charge on any atom is -0.482 e. The van der Waals surface area contributed by atoms with Gasteiger partial charge in [-0.3, -0.25) is 4.79 Å². The van der Waals surface area contributed by atoms with Crippen LogP contribution in [0.3, 0.4) is 0 Å². The fraction of sp³-hybridized carbons (Fsp3) is 0.500. The molecule has 0 bridgehead atoms. The Hall–Kier alpha value is -1.75. The van der Waals surface area contributed by atoms with Crippen molar-refractivity contribution < 1.29 is 14.3 Å². The maximum absolute atomic E-state index is 11.8. The second-order valence-electron chi connectivity index (χ2n) is 4.73. The summed E-state index contributed by atoms with van der Waals surface area (Å²) in [4.78, 5) is 11.8. The summed E-state index contributed by atoms with van der Waals surface area (Å²) in [5.41, 5.74) is 6.26. The SMILES string of the molecule is CC(NC(=O)COc1ccccc1N)C1CCCO1. The van der Waals surface area contributed by atoms with Crippen molar-refractivity contribution in [3.05, 3.63) is 24.3 Å². The Morgan fingerprint density at radius 2 is 2.37 bits per heavy atom. The summed E-state index contributed by atoms with van der Waals surface area (Å²) in [5.74, 6) is 0.369. The molecule has 1 amide bonds. The summed E-state index contributed by atoms with van der Waals surface area (Å²) in [6.07, 6.45) is 2.17. The predicted octanol–water partition coefficient (Wildman–Crippen LogP) is 1.33. The lowest BCUT2D eigenvalue weighted by molar-refractivity contribution is -0.124. The van der Waals surface area contributed by atoms with Crippen LogP contribution in [-0.4, -0.2) is 31.3 Å². The lowest BCUT2D eigenvalue weighted by atomic mass is 10.1. The highest BCUT2D eigenvalue weighted by Crippen LogP contribution is 2.19. The zero-order valence-corrected chi connectivity index (χ0v) is 11.1. The quantitative estimate of drug-likeness (QED) is 0.787. The van der Waals surface area contributed by atoms with Gasteiger partial charge in [-0.2, -0.15) is 0 Å². The van der Waals surface area contributed by atoms with Crippen molar-refractivity contribution in [3.8, 4) is 5.75 Å². The van der Waals surface area contributed by atoms with E-state index in [0.29, 0.717) is 11.4 Å². The summed E-state index contributed by atoms with van der Waals surface area (Å²) < 4.78 is 10.9. The molecular formula is C14H20N2O3. The van der Waals surface area contributed by atoms with Crippen LogP contribution in [0.1, 0.15) is 19.8 Å². The van der Waals surface area contributed by atoms with Crippen molar-refractivity contribution in [2.24, 2.45) is 0 Å². The molecule has 0 saturated carbocycles. The van der Waals surface area contributed by atoms with Gasteiger partial charge in [0.1, 0.15) is 5.75 Å². The molecule has 0 radical (unpaired) electrons. The number of anilines is 1. The van der Waals surface area contributed by atoms with Crippen LogP contribution in [0.5, 0.6) is 5.75 Å². The molecule has 2 unspecified atom stereocenters. The molecule has 3 N–H and O–H groups in total. The summed E-state index contributed by atoms with van der Waals surface area (Å²) in [5, 5.41) is 2.88. The lowest BCUT2D eigenvalue weighted by Gasteiger charge is -2.20. The Morgan fingerprint density at radius 3 is 3.05 bits per heavy atom. The third-order valence-corrected chi connectivity index (χ3v) is 3.19.